The van der Waals surface area contributed by atoms with Crippen LogP contribution in [0.4, 0.5) is 0 Å². The third-order valence-electron chi connectivity index (χ3n) is 4.46. The number of nitrogens with one attached hydrogen (secondary N) is 2. The molecule has 2 aromatic rings. The Bertz CT molecular complexity index is 521. The minimum absolute atomic E-state index is 0.398. The highest BCUT2D eigenvalue weighted by Crippen LogP contribution is 2.28. The molecule has 0 spiro atoms. The second-order valence-electron chi connectivity index (χ2n) is 5.76. The maximum atomic E-state index is 4.29. The lowest BCUT2D eigenvalue weighted by atomic mass is 9.88. The first-order chi connectivity index (χ1) is 10.2. The lowest BCUT2D eigenvalue weighted by Crippen LogP contribution is -2.28. The molecule has 0 aliphatic carbocycles. The molecule has 3 heteroatoms. The molecule has 1 aromatic carbocycles. The van der Waals surface area contributed by atoms with E-state index in [9.17, 15) is 0 Å². The van der Waals surface area contributed by atoms with Gasteiger partial charge in [0, 0.05) is 23.8 Å². The Labute approximate surface area is 128 Å². The summed E-state index contributed by atoms with van der Waals surface area (Å²) < 4.78 is 0. The van der Waals surface area contributed by atoms with Crippen molar-refractivity contribution in [1.29, 1.82) is 0 Å². The Kier molecular flexibility index (Phi) is 5.57. The summed E-state index contributed by atoms with van der Waals surface area (Å²) in [5.74, 6) is 0.653. The van der Waals surface area contributed by atoms with Crippen LogP contribution in [-0.4, -0.2) is 10.2 Å². The molecule has 0 fully saturated rings. The number of rotatable bonds is 7. The van der Waals surface area contributed by atoms with Crippen molar-refractivity contribution in [2.75, 3.05) is 0 Å². The van der Waals surface area contributed by atoms with Gasteiger partial charge in [-0.25, -0.2) is 0 Å². The van der Waals surface area contributed by atoms with Crippen molar-refractivity contribution in [3.8, 4) is 0 Å². The minimum Gasteiger partial charge on any atom is -0.305 e. The van der Waals surface area contributed by atoms with Gasteiger partial charge in [0.05, 0.1) is 5.69 Å². The topological polar surface area (TPSA) is 40.7 Å². The van der Waals surface area contributed by atoms with Crippen molar-refractivity contribution in [3.63, 3.8) is 0 Å². The fourth-order valence-corrected chi connectivity index (χ4v) is 3.02. The maximum absolute atomic E-state index is 4.29. The van der Waals surface area contributed by atoms with E-state index < -0.39 is 0 Å². The van der Waals surface area contributed by atoms with Gasteiger partial charge in [-0.15, -0.1) is 0 Å². The van der Waals surface area contributed by atoms with Gasteiger partial charge in [0.1, 0.15) is 0 Å². The van der Waals surface area contributed by atoms with Gasteiger partial charge in [-0.3, -0.25) is 5.10 Å². The van der Waals surface area contributed by atoms with Crippen molar-refractivity contribution < 1.29 is 0 Å². The summed E-state index contributed by atoms with van der Waals surface area (Å²) in [5.41, 5.74) is 4.93. The van der Waals surface area contributed by atoms with Crippen molar-refractivity contribution in [1.82, 2.24) is 15.5 Å². The molecule has 21 heavy (non-hydrogen) atoms. The van der Waals surface area contributed by atoms with E-state index in [-0.39, 0.29) is 0 Å². The molecular formula is C18H27N3. The molecule has 0 amide bonds. The van der Waals surface area contributed by atoms with Crippen LogP contribution in [0.3, 0.4) is 0 Å². The predicted octanol–water partition coefficient (Wildman–Crippen LogP) is 4.29. The highest BCUT2D eigenvalue weighted by Gasteiger charge is 2.20. The van der Waals surface area contributed by atoms with Gasteiger partial charge in [-0.05, 0) is 25.3 Å². The number of aromatic amines is 1. The van der Waals surface area contributed by atoms with Crippen LogP contribution in [0.1, 0.15) is 55.2 Å². The number of aryl methyl sites for hydroxylation is 2. The van der Waals surface area contributed by atoms with E-state index in [1.165, 1.54) is 24.0 Å². The third kappa shape index (κ3) is 3.73. The summed E-state index contributed by atoms with van der Waals surface area (Å²) in [5, 5.41) is 11.1. The second kappa shape index (κ2) is 7.41. The van der Waals surface area contributed by atoms with Gasteiger partial charge >= 0.3 is 0 Å². The Balaban J connectivity index is 2.17. The van der Waals surface area contributed by atoms with Crippen LogP contribution in [0, 0.1) is 19.8 Å². The SMILES string of the molecule is CCC(CC)C(NCc1c(C)n[nH]c1C)c1ccccc1. The van der Waals surface area contributed by atoms with Gasteiger partial charge < -0.3 is 5.32 Å². The summed E-state index contributed by atoms with van der Waals surface area (Å²) in [6, 6.07) is 11.2. The molecule has 0 bridgehead atoms. The minimum atomic E-state index is 0.398. The lowest BCUT2D eigenvalue weighted by Gasteiger charge is -2.27. The quantitative estimate of drug-likeness (QED) is 0.796. The molecule has 1 heterocycles. The Morgan fingerprint density at radius 3 is 2.29 bits per heavy atom. The van der Waals surface area contributed by atoms with Crippen LogP contribution in [0.25, 0.3) is 0 Å². The summed E-state index contributed by atoms with van der Waals surface area (Å²) in [6.45, 7) is 9.57. The zero-order valence-corrected chi connectivity index (χ0v) is 13.6. The number of benzene rings is 1. The summed E-state index contributed by atoms with van der Waals surface area (Å²) in [7, 11) is 0. The highest BCUT2D eigenvalue weighted by molar-refractivity contribution is 5.24. The highest BCUT2D eigenvalue weighted by atomic mass is 15.1. The molecular weight excluding hydrogens is 258 g/mol. The summed E-state index contributed by atoms with van der Waals surface area (Å²) in [4.78, 5) is 0. The van der Waals surface area contributed by atoms with Crippen molar-refractivity contribution in [2.45, 2.75) is 53.1 Å². The number of hydrogen-bond acceptors (Lipinski definition) is 2. The largest absolute Gasteiger partial charge is 0.305 e. The van der Waals surface area contributed by atoms with E-state index in [0.29, 0.717) is 12.0 Å². The molecule has 2 rings (SSSR count). The van der Waals surface area contributed by atoms with E-state index >= 15 is 0 Å². The maximum Gasteiger partial charge on any atom is 0.0638 e. The van der Waals surface area contributed by atoms with Crippen molar-refractivity contribution in [3.05, 3.63) is 52.8 Å². The van der Waals surface area contributed by atoms with E-state index in [0.717, 1.165) is 17.9 Å². The van der Waals surface area contributed by atoms with Gasteiger partial charge in [0.2, 0.25) is 0 Å². The second-order valence-corrected chi connectivity index (χ2v) is 5.76. The van der Waals surface area contributed by atoms with Gasteiger partial charge in [-0.2, -0.15) is 5.10 Å². The Morgan fingerprint density at radius 1 is 1.10 bits per heavy atom. The Hall–Kier alpha value is -1.61. The summed E-state index contributed by atoms with van der Waals surface area (Å²) >= 11 is 0. The average molecular weight is 285 g/mol. The van der Waals surface area contributed by atoms with Gasteiger partial charge in [-0.1, -0.05) is 57.0 Å². The molecule has 1 atom stereocenters. The molecule has 0 aliphatic rings. The molecule has 0 radical (unpaired) electrons. The molecule has 0 saturated carbocycles. The monoisotopic (exact) mass is 285 g/mol. The van der Waals surface area contributed by atoms with Crippen molar-refractivity contribution >= 4 is 0 Å². The first kappa shape index (κ1) is 15.8. The van der Waals surface area contributed by atoms with Crippen LogP contribution in [0.2, 0.25) is 0 Å². The van der Waals surface area contributed by atoms with Gasteiger partial charge in [0.15, 0.2) is 0 Å². The van der Waals surface area contributed by atoms with Crippen LogP contribution < -0.4 is 5.32 Å². The zero-order chi connectivity index (χ0) is 15.2. The Morgan fingerprint density at radius 2 is 1.76 bits per heavy atom. The number of H-pyrrole nitrogens is 1. The van der Waals surface area contributed by atoms with E-state index in [1.807, 2.05) is 0 Å². The van der Waals surface area contributed by atoms with E-state index in [1.54, 1.807) is 0 Å². The first-order valence-electron chi connectivity index (χ1n) is 7.96. The molecule has 1 unspecified atom stereocenters. The molecule has 2 N–H and O–H groups in total. The van der Waals surface area contributed by atoms with Crippen LogP contribution >= 0.6 is 0 Å². The zero-order valence-electron chi connectivity index (χ0n) is 13.6. The smallest absolute Gasteiger partial charge is 0.0638 e. The third-order valence-corrected chi connectivity index (χ3v) is 4.46. The fourth-order valence-electron chi connectivity index (χ4n) is 3.02. The number of hydrogen-bond donors (Lipinski definition) is 2. The molecule has 114 valence electrons. The lowest BCUT2D eigenvalue weighted by molar-refractivity contribution is 0.339. The predicted molar refractivity (Wildman–Crippen MR) is 88.2 cm³/mol. The number of nitrogens with zero attached hydrogens (tertiary/aromatic N) is 1. The van der Waals surface area contributed by atoms with Crippen LogP contribution in [0.5, 0.6) is 0 Å². The van der Waals surface area contributed by atoms with Gasteiger partial charge in [0.25, 0.3) is 0 Å². The summed E-state index contributed by atoms with van der Waals surface area (Å²) in [6.07, 6.45) is 2.37. The number of aromatic nitrogens is 2. The first-order valence-corrected chi connectivity index (χ1v) is 7.96. The molecule has 0 saturated heterocycles. The van der Waals surface area contributed by atoms with E-state index in [2.05, 4.69) is 73.5 Å². The van der Waals surface area contributed by atoms with Crippen molar-refractivity contribution in [2.24, 2.45) is 5.92 Å². The fraction of sp³-hybridized carbons (Fsp3) is 0.500. The molecule has 1 aromatic heterocycles. The normalized spacial score (nSPS) is 12.8. The molecule has 0 aliphatic heterocycles. The van der Waals surface area contributed by atoms with Crippen LogP contribution in [-0.2, 0) is 6.54 Å². The molecule has 3 nitrogen and oxygen atoms in total. The standard InChI is InChI=1S/C18H27N3/c1-5-15(6-2)18(16-10-8-7-9-11-16)19-12-17-13(3)20-21-14(17)4/h7-11,15,18-19H,5-6,12H2,1-4H3,(H,20,21). The van der Waals surface area contributed by atoms with E-state index in [4.69, 9.17) is 0 Å². The van der Waals surface area contributed by atoms with Crippen LogP contribution in [0.15, 0.2) is 30.3 Å². The average Bonchev–Trinajstić information content (AvgIpc) is 2.83.